The van der Waals surface area contributed by atoms with Crippen LogP contribution in [0.3, 0.4) is 0 Å². The van der Waals surface area contributed by atoms with Gasteiger partial charge in [0.1, 0.15) is 6.29 Å². The number of carbonyl (C=O) groups excluding carboxylic acids is 1. The molecule has 4 heteroatoms. The largest absolute Gasteiger partial charge is 0.380 e. The summed E-state index contributed by atoms with van der Waals surface area (Å²) < 4.78 is 6.62. The zero-order chi connectivity index (χ0) is 13.6. The van der Waals surface area contributed by atoms with Crippen molar-refractivity contribution in [2.24, 2.45) is 5.41 Å². The summed E-state index contributed by atoms with van der Waals surface area (Å²) in [6.45, 7) is 4.86. The van der Waals surface area contributed by atoms with Gasteiger partial charge in [-0.2, -0.15) is 0 Å². The highest BCUT2D eigenvalue weighted by atomic mass is 79.9. The number of alkyl halides is 1. The fourth-order valence-electron chi connectivity index (χ4n) is 1.42. The molecule has 1 rings (SSSR count). The molecule has 0 fully saturated rings. The van der Waals surface area contributed by atoms with Crippen molar-refractivity contribution in [3.8, 4) is 0 Å². The van der Waals surface area contributed by atoms with Crippen molar-refractivity contribution >= 4 is 38.1 Å². The molecule has 0 aliphatic rings. The monoisotopic (exact) mass is 376 g/mol. The molecule has 0 amide bonds. The highest BCUT2D eigenvalue weighted by Gasteiger charge is 2.16. The third kappa shape index (κ3) is 5.63. The van der Waals surface area contributed by atoms with Crippen LogP contribution in [0.5, 0.6) is 0 Å². The van der Waals surface area contributed by atoms with E-state index in [1.165, 1.54) is 5.56 Å². The molecule has 0 saturated heterocycles. The predicted octanol–water partition coefficient (Wildman–Crippen LogP) is 4.52. The van der Waals surface area contributed by atoms with Gasteiger partial charge in [0.05, 0.1) is 6.61 Å². The molecule has 2 nitrogen and oxygen atoms in total. The van der Waals surface area contributed by atoms with Gasteiger partial charge in [-0.05, 0) is 24.1 Å². The van der Waals surface area contributed by atoms with E-state index < -0.39 is 5.41 Å². The Morgan fingerprint density at radius 3 is 2.78 bits per heavy atom. The molecule has 0 saturated carbocycles. The summed E-state index contributed by atoms with van der Waals surface area (Å²) in [7, 11) is 0. The molecular weight excluding hydrogens is 360 g/mol. The summed E-state index contributed by atoms with van der Waals surface area (Å²) in [6.07, 6.45) is 1.82. The van der Waals surface area contributed by atoms with Crippen LogP contribution in [0.2, 0.25) is 0 Å². The lowest BCUT2D eigenvalue weighted by molar-refractivity contribution is -0.117. The van der Waals surface area contributed by atoms with Crippen LogP contribution in [0, 0.1) is 5.41 Å². The molecule has 0 aliphatic heterocycles. The Hall–Kier alpha value is -0.190. The predicted molar refractivity (Wildman–Crippen MR) is 81.1 cm³/mol. The zero-order valence-electron chi connectivity index (χ0n) is 10.7. The normalized spacial score (nSPS) is 13.3. The lowest BCUT2D eigenvalue weighted by atomic mass is 9.98. The first-order valence-electron chi connectivity index (χ1n) is 5.88. The Labute approximate surface area is 125 Å². The molecule has 1 aromatic carbocycles. The Morgan fingerprint density at radius 1 is 1.44 bits per heavy atom. The van der Waals surface area contributed by atoms with Crippen molar-refractivity contribution in [2.75, 3.05) is 13.2 Å². The minimum absolute atomic E-state index is 0.273. The van der Waals surface area contributed by atoms with Gasteiger partial charge in [-0.3, -0.25) is 0 Å². The van der Waals surface area contributed by atoms with E-state index >= 15 is 0 Å². The first-order valence-corrected chi connectivity index (χ1v) is 7.59. The Kier molecular flexibility index (Phi) is 6.53. The summed E-state index contributed by atoms with van der Waals surface area (Å²) in [4.78, 5) is 11.0. The number of rotatable bonds is 7. The smallest absolute Gasteiger partial charge is 0.127 e. The van der Waals surface area contributed by atoms with E-state index in [1.807, 2.05) is 26.0 Å². The van der Waals surface area contributed by atoms with Gasteiger partial charge in [0, 0.05) is 21.3 Å². The van der Waals surface area contributed by atoms with E-state index in [4.69, 9.17) is 4.74 Å². The molecule has 0 spiro atoms. The Bertz CT molecular complexity index is 391. The highest BCUT2D eigenvalue weighted by Crippen LogP contribution is 2.28. The second kappa shape index (κ2) is 7.41. The topological polar surface area (TPSA) is 26.3 Å². The van der Waals surface area contributed by atoms with Crippen LogP contribution in [0.1, 0.15) is 30.7 Å². The minimum Gasteiger partial charge on any atom is -0.380 e. The highest BCUT2D eigenvalue weighted by molar-refractivity contribution is 9.10. The third-order valence-electron chi connectivity index (χ3n) is 2.52. The number of benzene rings is 1. The van der Waals surface area contributed by atoms with Crippen molar-refractivity contribution in [3.05, 3.63) is 34.3 Å². The van der Waals surface area contributed by atoms with E-state index in [2.05, 4.69) is 44.0 Å². The average Bonchev–Trinajstić information content (AvgIpc) is 2.34. The van der Waals surface area contributed by atoms with Gasteiger partial charge >= 0.3 is 0 Å². The maximum Gasteiger partial charge on any atom is 0.127 e. The fourth-order valence-corrected chi connectivity index (χ4v) is 2.31. The number of aldehydes is 1. The van der Waals surface area contributed by atoms with Crippen LogP contribution >= 0.6 is 31.9 Å². The van der Waals surface area contributed by atoms with Crippen LogP contribution in [0.4, 0.5) is 0 Å². The average molecular weight is 378 g/mol. The summed E-state index contributed by atoms with van der Waals surface area (Å²) in [5, 5.41) is 0. The number of halogens is 2. The Balaban J connectivity index is 2.34. The van der Waals surface area contributed by atoms with Gasteiger partial charge in [0.25, 0.3) is 0 Å². The first-order chi connectivity index (χ1) is 8.44. The van der Waals surface area contributed by atoms with Crippen LogP contribution in [0.25, 0.3) is 0 Å². The molecule has 0 radical (unpaired) electrons. The lowest BCUT2D eigenvalue weighted by Crippen LogP contribution is -2.21. The van der Waals surface area contributed by atoms with E-state index in [1.54, 1.807) is 0 Å². The summed E-state index contributed by atoms with van der Waals surface area (Å²) in [6, 6.07) is 8.20. The number of hydrogen-bond acceptors (Lipinski definition) is 2. The van der Waals surface area contributed by atoms with E-state index in [0.717, 1.165) is 17.2 Å². The van der Waals surface area contributed by atoms with Crippen molar-refractivity contribution in [3.63, 3.8) is 0 Å². The van der Waals surface area contributed by atoms with E-state index in [0.29, 0.717) is 13.2 Å². The van der Waals surface area contributed by atoms with E-state index in [-0.39, 0.29) is 4.83 Å². The fraction of sp³-hybridized carbons (Fsp3) is 0.500. The van der Waals surface area contributed by atoms with Crippen molar-refractivity contribution < 1.29 is 9.53 Å². The second-order valence-electron chi connectivity index (χ2n) is 4.97. The minimum atomic E-state index is -0.391. The van der Waals surface area contributed by atoms with Crippen molar-refractivity contribution in [1.82, 2.24) is 0 Å². The summed E-state index contributed by atoms with van der Waals surface area (Å²) >= 11 is 7.10. The first kappa shape index (κ1) is 15.9. The summed E-state index contributed by atoms with van der Waals surface area (Å²) in [5.41, 5.74) is 0.833. The molecule has 0 aliphatic carbocycles. The van der Waals surface area contributed by atoms with Crippen LogP contribution in [-0.2, 0) is 9.53 Å². The Morgan fingerprint density at radius 2 is 2.17 bits per heavy atom. The number of ether oxygens (including phenoxy) is 1. The molecular formula is C14H18Br2O2. The molecule has 1 atom stereocenters. The lowest BCUT2D eigenvalue weighted by Gasteiger charge is -2.17. The van der Waals surface area contributed by atoms with Gasteiger partial charge in [-0.25, -0.2) is 0 Å². The van der Waals surface area contributed by atoms with Gasteiger partial charge in [-0.1, -0.05) is 57.8 Å². The molecule has 1 unspecified atom stereocenters. The third-order valence-corrected chi connectivity index (χ3v) is 4.00. The van der Waals surface area contributed by atoms with E-state index in [9.17, 15) is 4.79 Å². The van der Waals surface area contributed by atoms with Crippen molar-refractivity contribution in [2.45, 2.75) is 25.1 Å². The molecule has 0 bridgehead atoms. The SMILES string of the molecule is CC(C)(C=O)COCCC(Br)c1cccc(Br)c1. The standard InChI is InChI=1S/C14H18Br2O2/c1-14(2,9-17)10-18-7-6-13(16)11-4-3-5-12(15)8-11/h3-5,8-9,13H,6-7,10H2,1-2H3. The van der Waals surface area contributed by atoms with Gasteiger partial charge in [0.15, 0.2) is 0 Å². The molecule has 18 heavy (non-hydrogen) atoms. The maximum absolute atomic E-state index is 10.7. The van der Waals surface area contributed by atoms with Crippen molar-refractivity contribution in [1.29, 1.82) is 0 Å². The second-order valence-corrected chi connectivity index (χ2v) is 6.99. The van der Waals surface area contributed by atoms with Crippen LogP contribution < -0.4 is 0 Å². The van der Waals surface area contributed by atoms with Gasteiger partial charge < -0.3 is 9.53 Å². The molecule has 0 heterocycles. The molecule has 0 aromatic heterocycles. The maximum atomic E-state index is 10.7. The molecule has 1 aromatic rings. The van der Waals surface area contributed by atoms with Crippen LogP contribution in [0.15, 0.2) is 28.7 Å². The quantitative estimate of drug-likeness (QED) is 0.396. The number of hydrogen-bond donors (Lipinski definition) is 0. The van der Waals surface area contributed by atoms with Gasteiger partial charge in [-0.15, -0.1) is 0 Å². The number of carbonyl (C=O) groups is 1. The summed E-state index contributed by atoms with van der Waals surface area (Å²) in [5.74, 6) is 0. The zero-order valence-corrected chi connectivity index (χ0v) is 13.8. The van der Waals surface area contributed by atoms with Gasteiger partial charge in [0.2, 0.25) is 0 Å². The molecule has 0 N–H and O–H groups in total. The molecule has 100 valence electrons. The van der Waals surface area contributed by atoms with Crippen LogP contribution in [-0.4, -0.2) is 19.5 Å².